The number of hydrogen-bond donors (Lipinski definition) is 1. The molecule has 1 aliphatic carbocycles. The summed E-state index contributed by atoms with van der Waals surface area (Å²) in [5.41, 5.74) is 0.167. The molecule has 5 nitrogen and oxygen atoms in total. The zero-order valence-corrected chi connectivity index (χ0v) is 15.4. The minimum Gasteiger partial charge on any atom is -0.480 e. The molecule has 1 aromatic rings. The van der Waals surface area contributed by atoms with Gasteiger partial charge in [0.15, 0.2) is 5.12 Å². The van der Waals surface area contributed by atoms with Crippen molar-refractivity contribution in [3.05, 3.63) is 27.7 Å². The summed E-state index contributed by atoms with van der Waals surface area (Å²) in [6.07, 6.45) is 3.45. The third-order valence-electron chi connectivity index (χ3n) is 3.82. The number of nitrogens with zero attached hydrogens (tertiary/aromatic N) is 1. The molecule has 0 spiro atoms. The van der Waals surface area contributed by atoms with Gasteiger partial charge in [0, 0.05) is 22.9 Å². The maximum atomic E-state index is 13.0. The lowest BCUT2D eigenvalue weighted by Gasteiger charge is -2.28. The molecule has 0 heterocycles. The molecule has 24 heavy (non-hydrogen) atoms. The number of carboxylic acid groups (broad SMARTS) is 1. The molecule has 1 amide bonds. The maximum Gasteiger partial charge on any atom is 0.323 e. The van der Waals surface area contributed by atoms with E-state index in [1.807, 2.05) is 0 Å². The van der Waals surface area contributed by atoms with Gasteiger partial charge in [0.2, 0.25) is 0 Å². The number of rotatable bonds is 5. The predicted octanol–water partition coefficient (Wildman–Crippen LogP) is 4.10. The fourth-order valence-corrected chi connectivity index (χ4v) is 4.16. The van der Waals surface area contributed by atoms with Gasteiger partial charge in [-0.3, -0.25) is 14.4 Å². The number of carbonyl (C=O) groups excluding carboxylic acids is 2. The number of benzene rings is 1. The zero-order chi connectivity index (χ0) is 17.9. The van der Waals surface area contributed by atoms with Crippen LogP contribution in [0.2, 0.25) is 10.0 Å². The van der Waals surface area contributed by atoms with Crippen molar-refractivity contribution in [3.63, 3.8) is 0 Å². The van der Waals surface area contributed by atoms with E-state index in [1.165, 1.54) is 24.0 Å². The van der Waals surface area contributed by atoms with Crippen molar-refractivity contribution in [1.82, 2.24) is 4.90 Å². The van der Waals surface area contributed by atoms with Crippen LogP contribution in [0.1, 0.15) is 43.0 Å². The smallest absolute Gasteiger partial charge is 0.323 e. The Balaban J connectivity index is 2.44. The number of carbonyl (C=O) groups is 3. The van der Waals surface area contributed by atoms with Crippen molar-refractivity contribution >= 4 is 52.0 Å². The SMILES string of the molecule is CC(=O)Sc1c(Cl)cc(Cl)cc1C(=O)N(CC(=O)O)C1CCCC1. The van der Waals surface area contributed by atoms with Crippen LogP contribution in [0, 0.1) is 0 Å². The first-order chi connectivity index (χ1) is 11.3. The van der Waals surface area contributed by atoms with E-state index in [0.29, 0.717) is 4.90 Å². The molecule has 130 valence electrons. The summed E-state index contributed by atoms with van der Waals surface area (Å²) in [4.78, 5) is 37.3. The number of amides is 1. The van der Waals surface area contributed by atoms with E-state index < -0.39 is 18.4 Å². The van der Waals surface area contributed by atoms with Crippen LogP contribution >= 0.6 is 35.0 Å². The van der Waals surface area contributed by atoms with Crippen molar-refractivity contribution < 1.29 is 19.5 Å². The van der Waals surface area contributed by atoms with Gasteiger partial charge in [0.05, 0.1) is 10.6 Å². The number of thioether (sulfide) groups is 1. The zero-order valence-electron chi connectivity index (χ0n) is 13.1. The molecule has 0 aliphatic heterocycles. The summed E-state index contributed by atoms with van der Waals surface area (Å²) in [7, 11) is 0. The lowest BCUT2D eigenvalue weighted by Crippen LogP contribution is -2.42. The molecule has 0 bridgehead atoms. The second kappa shape index (κ2) is 8.23. The number of hydrogen-bond acceptors (Lipinski definition) is 4. The van der Waals surface area contributed by atoms with Crippen LogP contribution < -0.4 is 0 Å². The number of aliphatic carboxylic acids is 1. The highest BCUT2D eigenvalue weighted by atomic mass is 35.5. The first-order valence-corrected chi connectivity index (χ1v) is 9.07. The van der Waals surface area contributed by atoms with Gasteiger partial charge < -0.3 is 10.0 Å². The molecule has 1 aliphatic rings. The molecule has 0 unspecified atom stereocenters. The monoisotopic (exact) mass is 389 g/mol. The van der Waals surface area contributed by atoms with Gasteiger partial charge in [-0.1, -0.05) is 36.0 Å². The largest absolute Gasteiger partial charge is 0.480 e. The number of halogens is 2. The van der Waals surface area contributed by atoms with Crippen LogP contribution in [0.15, 0.2) is 17.0 Å². The molecule has 0 atom stereocenters. The van der Waals surface area contributed by atoms with Gasteiger partial charge in [-0.05, 0) is 36.7 Å². The van der Waals surface area contributed by atoms with E-state index in [4.69, 9.17) is 28.3 Å². The van der Waals surface area contributed by atoms with Crippen LogP contribution in [0.3, 0.4) is 0 Å². The third kappa shape index (κ3) is 4.65. The molecular weight excluding hydrogens is 373 g/mol. The summed E-state index contributed by atoms with van der Waals surface area (Å²) in [6.45, 7) is 0.980. The Bertz CT molecular complexity index is 674. The Morgan fingerprint density at radius 2 is 1.88 bits per heavy atom. The molecule has 1 N–H and O–H groups in total. The van der Waals surface area contributed by atoms with Crippen molar-refractivity contribution in [1.29, 1.82) is 0 Å². The van der Waals surface area contributed by atoms with Crippen molar-refractivity contribution in [2.45, 2.75) is 43.5 Å². The van der Waals surface area contributed by atoms with Gasteiger partial charge >= 0.3 is 5.97 Å². The summed E-state index contributed by atoms with van der Waals surface area (Å²) >= 11 is 13.0. The molecule has 0 radical (unpaired) electrons. The van der Waals surface area contributed by atoms with E-state index >= 15 is 0 Å². The Morgan fingerprint density at radius 3 is 2.42 bits per heavy atom. The Morgan fingerprint density at radius 1 is 1.25 bits per heavy atom. The van der Waals surface area contributed by atoms with E-state index in [2.05, 4.69) is 0 Å². The van der Waals surface area contributed by atoms with Gasteiger partial charge in [-0.2, -0.15) is 0 Å². The normalized spacial score (nSPS) is 14.6. The van der Waals surface area contributed by atoms with Gasteiger partial charge in [0.1, 0.15) is 6.54 Å². The first-order valence-electron chi connectivity index (χ1n) is 7.49. The summed E-state index contributed by atoms with van der Waals surface area (Å²) < 4.78 is 0. The molecule has 0 aromatic heterocycles. The van der Waals surface area contributed by atoms with E-state index in [9.17, 15) is 14.4 Å². The summed E-state index contributed by atoms with van der Waals surface area (Å²) in [5.74, 6) is -1.54. The highest BCUT2D eigenvalue weighted by molar-refractivity contribution is 8.13. The second-order valence-corrected chi connectivity index (χ2v) is 7.65. The standard InChI is InChI=1S/C16H17Cl2NO4S/c1-9(20)24-15-12(6-10(17)7-13(15)18)16(23)19(8-14(21)22)11-4-2-3-5-11/h6-7,11H,2-5,8H2,1H3,(H,21,22). The molecule has 1 saturated carbocycles. The van der Waals surface area contributed by atoms with Crippen molar-refractivity contribution in [2.24, 2.45) is 0 Å². The topological polar surface area (TPSA) is 74.7 Å². The molecular formula is C16H17Cl2NO4S. The maximum absolute atomic E-state index is 13.0. The highest BCUT2D eigenvalue weighted by Gasteiger charge is 2.31. The van der Waals surface area contributed by atoms with Gasteiger partial charge in [0.25, 0.3) is 5.91 Å². The fourth-order valence-electron chi connectivity index (χ4n) is 2.85. The highest BCUT2D eigenvalue weighted by Crippen LogP contribution is 2.36. The van der Waals surface area contributed by atoms with Crippen LogP contribution in [0.5, 0.6) is 0 Å². The quantitative estimate of drug-likeness (QED) is 0.767. The third-order valence-corrected chi connectivity index (χ3v) is 5.38. The summed E-state index contributed by atoms with van der Waals surface area (Å²) in [6, 6.07) is 2.77. The Labute approximate surface area is 154 Å². The Hall–Kier alpha value is -1.24. The average Bonchev–Trinajstić information content (AvgIpc) is 3.00. The van der Waals surface area contributed by atoms with Crippen LogP contribution in [-0.2, 0) is 9.59 Å². The molecule has 1 aromatic carbocycles. The summed E-state index contributed by atoms with van der Waals surface area (Å²) in [5, 5.41) is 9.40. The molecule has 1 fully saturated rings. The lowest BCUT2D eigenvalue weighted by molar-refractivity contribution is -0.138. The van der Waals surface area contributed by atoms with Crippen LogP contribution in [0.25, 0.3) is 0 Å². The fraction of sp³-hybridized carbons (Fsp3) is 0.438. The second-order valence-electron chi connectivity index (χ2n) is 5.62. The molecule has 0 saturated heterocycles. The van der Waals surface area contributed by atoms with Crippen LogP contribution in [-0.4, -0.2) is 39.6 Å². The predicted molar refractivity (Wildman–Crippen MR) is 93.9 cm³/mol. The minimum absolute atomic E-state index is 0.124. The van der Waals surface area contributed by atoms with E-state index in [1.54, 1.807) is 0 Å². The average molecular weight is 390 g/mol. The van der Waals surface area contributed by atoms with Crippen molar-refractivity contribution in [2.75, 3.05) is 6.54 Å². The molecule has 8 heteroatoms. The van der Waals surface area contributed by atoms with Gasteiger partial charge in [-0.25, -0.2) is 0 Å². The lowest BCUT2D eigenvalue weighted by atomic mass is 10.1. The van der Waals surface area contributed by atoms with E-state index in [-0.39, 0.29) is 26.8 Å². The Kier molecular flexibility index (Phi) is 6.54. The van der Waals surface area contributed by atoms with Crippen molar-refractivity contribution in [3.8, 4) is 0 Å². The number of carboxylic acids is 1. The van der Waals surface area contributed by atoms with Gasteiger partial charge in [-0.15, -0.1) is 0 Å². The minimum atomic E-state index is -1.08. The first kappa shape index (κ1) is 19.1. The van der Waals surface area contributed by atoms with Crippen LogP contribution in [0.4, 0.5) is 0 Å². The van der Waals surface area contributed by atoms with E-state index in [0.717, 1.165) is 37.4 Å². The molecule has 2 rings (SSSR count).